The van der Waals surface area contributed by atoms with E-state index in [1.165, 1.54) is 0 Å². The van der Waals surface area contributed by atoms with Crippen molar-refractivity contribution < 1.29 is 4.79 Å². The molecule has 0 bridgehead atoms. The van der Waals surface area contributed by atoms with Gasteiger partial charge in [0.05, 0.1) is 5.92 Å². The first kappa shape index (κ1) is 10.5. The van der Waals surface area contributed by atoms with Gasteiger partial charge in [-0.1, -0.05) is 25.1 Å². The fourth-order valence-electron chi connectivity index (χ4n) is 1.06. The molecule has 4 N–H and O–H groups in total. The normalized spacial score (nSPS) is 11.9. The average molecular weight is 193 g/mol. The highest BCUT2D eigenvalue weighted by atomic mass is 16.2. The number of nitrogens with two attached hydrogens (primary N) is 1. The second kappa shape index (κ2) is 5.24. The molecular formula is C10H15N3O. The van der Waals surface area contributed by atoms with Gasteiger partial charge in [-0.2, -0.15) is 0 Å². The van der Waals surface area contributed by atoms with Crippen LogP contribution in [-0.2, 0) is 4.79 Å². The number of hydrogen-bond acceptors (Lipinski definition) is 3. The molecule has 0 saturated heterocycles. The Bertz CT molecular complexity index is 287. The number of hydrazine groups is 1. The highest BCUT2D eigenvalue weighted by Crippen LogP contribution is 2.06. The van der Waals surface area contributed by atoms with Gasteiger partial charge in [-0.25, -0.2) is 5.84 Å². The SMILES string of the molecule is CC(CNc1ccccc1)C(=O)NN. The second-order valence-electron chi connectivity index (χ2n) is 3.16. The molecule has 1 atom stereocenters. The van der Waals surface area contributed by atoms with Crippen LogP contribution in [0.4, 0.5) is 5.69 Å². The molecule has 4 nitrogen and oxygen atoms in total. The van der Waals surface area contributed by atoms with Gasteiger partial charge in [0.2, 0.25) is 5.91 Å². The molecule has 0 heterocycles. The number of amides is 1. The van der Waals surface area contributed by atoms with Crippen LogP contribution in [-0.4, -0.2) is 12.5 Å². The van der Waals surface area contributed by atoms with E-state index in [-0.39, 0.29) is 11.8 Å². The summed E-state index contributed by atoms with van der Waals surface area (Å²) < 4.78 is 0. The molecule has 0 aliphatic rings. The van der Waals surface area contributed by atoms with E-state index in [1.807, 2.05) is 37.3 Å². The van der Waals surface area contributed by atoms with Crippen molar-refractivity contribution in [3.05, 3.63) is 30.3 Å². The molecule has 0 aromatic heterocycles. The minimum atomic E-state index is -0.159. The molecule has 1 aromatic rings. The van der Waals surface area contributed by atoms with Crippen molar-refractivity contribution in [2.45, 2.75) is 6.92 Å². The quantitative estimate of drug-likeness (QED) is 0.375. The zero-order chi connectivity index (χ0) is 10.4. The Hall–Kier alpha value is -1.55. The third kappa shape index (κ3) is 3.06. The van der Waals surface area contributed by atoms with Gasteiger partial charge in [-0.05, 0) is 12.1 Å². The first-order valence-corrected chi connectivity index (χ1v) is 4.53. The summed E-state index contributed by atoms with van der Waals surface area (Å²) >= 11 is 0. The summed E-state index contributed by atoms with van der Waals surface area (Å²) in [6, 6.07) is 9.73. The van der Waals surface area contributed by atoms with E-state index in [2.05, 4.69) is 10.7 Å². The maximum atomic E-state index is 11.1. The molecule has 0 fully saturated rings. The average Bonchev–Trinajstić information content (AvgIpc) is 2.26. The molecule has 14 heavy (non-hydrogen) atoms. The van der Waals surface area contributed by atoms with Crippen molar-refractivity contribution in [2.24, 2.45) is 11.8 Å². The standard InChI is InChI=1S/C10H15N3O/c1-8(10(14)13-11)7-12-9-5-3-2-4-6-9/h2-6,8,12H,7,11H2,1H3,(H,13,14). The van der Waals surface area contributed by atoms with Crippen molar-refractivity contribution in [3.8, 4) is 0 Å². The fourth-order valence-corrected chi connectivity index (χ4v) is 1.06. The molecule has 0 saturated carbocycles. The van der Waals surface area contributed by atoms with Gasteiger partial charge >= 0.3 is 0 Å². The molecule has 1 aromatic carbocycles. The van der Waals surface area contributed by atoms with Gasteiger partial charge in [0.25, 0.3) is 0 Å². The second-order valence-corrected chi connectivity index (χ2v) is 3.16. The lowest BCUT2D eigenvalue weighted by Crippen LogP contribution is -2.37. The Morgan fingerprint density at radius 2 is 2.07 bits per heavy atom. The van der Waals surface area contributed by atoms with Gasteiger partial charge < -0.3 is 5.32 Å². The molecule has 1 unspecified atom stereocenters. The maximum Gasteiger partial charge on any atom is 0.238 e. The lowest BCUT2D eigenvalue weighted by Gasteiger charge is -2.11. The van der Waals surface area contributed by atoms with E-state index in [1.54, 1.807) is 0 Å². The number of benzene rings is 1. The highest BCUT2D eigenvalue weighted by Gasteiger charge is 2.09. The molecule has 1 rings (SSSR count). The number of hydrogen-bond donors (Lipinski definition) is 3. The van der Waals surface area contributed by atoms with Crippen molar-refractivity contribution in [3.63, 3.8) is 0 Å². The van der Waals surface area contributed by atoms with Crippen molar-refractivity contribution in [2.75, 3.05) is 11.9 Å². The third-order valence-corrected chi connectivity index (χ3v) is 1.98. The van der Waals surface area contributed by atoms with Gasteiger partial charge in [-0.15, -0.1) is 0 Å². The number of anilines is 1. The van der Waals surface area contributed by atoms with Crippen LogP contribution in [0.3, 0.4) is 0 Å². The zero-order valence-corrected chi connectivity index (χ0v) is 8.16. The minimum Gasteiger partial charge on any atom is -0.384 e. The van der Waals surface area contributed by atoms with Gasteiger partial charge in [-0.3, -0.25) is 10.2 Å². The van der Waals surface area contributed by atoms with Crippen LogP contribution < -0.4 is 16.6 Å². The summed E-state index contributed by atoms with van der Waals surface area (Å²) in [4.78, 5) is 11.1. The molecule has 76 valence electrons. The first-order chi connectivity index (χ1) is 6.74. The number of para-hydroxylation sites is 1. The summed E-state index contributed by atoms with van der Waals surface area (Å²) in [7, 11) is 0. The minimum absolute atomic E-state index is 0.139. The molecule has 1 amide bonds. The molecule has 0 radical (unpaired) electrons. The fraction of sp³-hybridized carbons (Fsp3) is 0.300. The van der Waals surface area contributed by atoms with Crippen LogP contribution in [0.15, 0.2) is 30.3 Å². The van der Waals surface area contributed by atoms with E-state index in [0.717, 1.165) is 5.69 Å². The summed E-state index contributed by atoms with van der Waals surface area (Å²) in [5.74, 6) is 4.72. The lowest BCUT2D eigenvalue weighted by atomic mass is 10.1. The van der Waals surface area contributed by atoms with Crippen molar-refractivity contribution in [1.29, 1.82) is 0 Å². The largest absolute Gasteiger partial charge is 0.384 e. The molecule has 0 spiro atoms. The predicted molar refractivity (Wildman–Crippen MR) is 56.4 cm³/mol. The lowest BCUT2D eigenvalue weighted by molar-refractivity contribution is -0.124. The summed E-state index contributed by atoms with van der Waals surface area (Å²) in [5.41, 5.74) is 3.13. The monoisotopic (exact) mass is 193 g/mol. The number of rotatable bonds is 4. The Balaban J connectivity index is 2.38. The van der Waals surface area contributed by atoms with Crippen LogP contribution in [0.5, 0.6) is 0 Å². The Morgan fingerprint density at radius 3 is 2.64 bits per heavy atom. The topological polar surface area (TPSA) is 67.2 Å². The van der Waals surface area contributed by atoms with Crippen LogP contribution in [0.1, 0.15) is 6.92 Å². The third-order valence-electron chi connectivity index (χ3n) is 1.98. The van der Waals surface area contributed by atoms with Crippen LogP contribution >= 0.6 is 0 Å². The summed E-state index contributed by atoms with van der Waals surface area (Å²) in [6.07, 6.45) is 0. The summed E-state index contributed by atoms with van der Waals surface area (Å²) in [5, 5.41) is 3.14. The van der Waals surface area contributed by atoms with Gasteiger partial charge in [0, 0.05) is 12.2 Å². The van der Waals surface area contributed by atoms with Gasteiger partial charge in [0.1, 0.15) is 0 Å². The number of carbonyl (C=O) groups is 1. The van der Waals surface area contributed by atoms with E-state index < -0.39 is 0 Å². The van der Waals surface area contributed by atoms with E-state index >= 15 is 0 Å². The number of carbonyl (C=O) groups excluding carboxylic acids is 1. The first-order valence-electron chi connectivity index (χ1n) is 4.53. The van der Waals surface area contributed by atoms with E-state index in [4.69, 9.17) is 5.84 Å². The molecule has 0 aliphatic heterocycles. The maximum absolute atomic E-state index is 11.1. The highest BCUT2D eigenvalue weighted by molar-refractivity contribution is 5.78. The van der Waals surface area contributed by atoms with Crippen LogP contribution in [0.25, 0.3) is 0 Å². The molecular weight excluding hydrogens is 178 g/mol. The zero-order valence-electron chi connectivity index (χ0n) is 8.16. The Morgan fingerprint density at radius 1 is 1.43 bits per heavy atom. The van der Waals surface area contributed by atoms with Crippen LogP contribution in [0.2, 0.25) is 0 Å². The Kier molecular flexibility index (Phi) is 3.94. The smallest absolute Gasteiger partial charge is 0.238 e. The van der Waals surface area contributed by atoms with E-state index in [9.17, 15) is 4.79 Å². The van der Waals surface area contributed by atoms with Crippen LogP contribution in [0, 0.1) is 5.92 Å². The van der Waals surface area contributed by atoms with Crippen molar-refractivity contribution >= 4 is 11.6 Å². The Labute approximate surface area is 83.5 Å². The van der Waals surface area contributed by atoms with Crippen molar-refractivity contribution in [1.82, 2.24) is 5.43 Å². The summed E-state index contributed by atoms with van der Waals surface area (Å²) in [6.45, 7) is 2.39. The predicted octanol–water partition coefficient (Wildman–Crippen LogP) is 0.724. The number of nitrogens with one attached hydrogen (secondary N) is 2. The molecule has 0 aliphatic carbocycles. The molecule has 4 heteroatoms. The van der Waals surface area contributed by atoms with E-state index in [0.29, 0.717) is 6.54 Å². The van der Waals surface area contributed by atoms with Gasteiger partial charge in [0.15, 0.2) is 0 Å².